The zero-order valence-corrected chi connectivity index (χ0v) is 49.7. The van der Waals surface area contributed by atoms with Crippen molar-refractivity contribution in [3.05, 3.63) is 209 Å². The summed E-state index contributed by atoms with van der Waals surface area (Å²) in [6.07, 6.45) is 12.4. The van der Waals surface area contributed by atoms with Crippen molar-refractivity contribution in [2.75, 3.05) is 0 Å². The molecule has 6 nitrogen and oxygen atoms in total. The molecule has 4 aromatic rings. The van der Waals surface area contributed by atoms with Crippen molar-refractivity contribution in [3.63, 3.8) is 0 Å². The predicted molar refractivity (Wildman–Crippen MR) is 328 cm³/mol. The first-order valence-electron chi connectivity index (χ1n) is 26.4. The summed E-state index contributed by atoms with van der Waals surface area (Å²) in [6, 6.07) is 28.9. The molecule has 0 aromatic heterocycles. The van der Waals surface area contributed by atoms with Crippen LogP contribution in [-0.2, 0) is 32.5 Å². The molecule has 5 aliphatic rings. The van der Waals surface area contributed by atoms with Gasteiger partial charge in [0.1, 0.15) is 11.4 Å². The molecular weight excluding hydrogens is 1030 g/mol. The van der Waals surface area contributed by atoms with Crippen molar-refractivity contribution in [1.29, 1.82) is 0 Å². The molecule has 0 unspecified atom stereocenters. The summed E-state index contributed by atoms with van der Waals surface area (Å²) < 4.78 is 1.12. The fourth-order valence-corrected chi connectivity index (χ4v) is 10.3. The van der Waals surface area contributed by atoms with Gasteiger partial charge < -0.3 is 10.2 Å². The third-order valence-electron chi connectivity index (χ3n) is 14.8. The maximum absolute atomic E-state index is 12.8. The van der Waals surface area contributed by atoms with E-state index in [0.717, 1.165) is 82.0 Å². The summed E-state index contributed by atoms with van der Waals surface area (Å²) in [6.45, 7) is 40.3. The van der Waals surface area contributed by atoms with E-state index in [2.05, 4.69) is 250 Å². The lowest BCUT2D eigenvalue weighted by atomic mass is 9.78. The van der Waals surface area contributed by atoms with E-state index < -0.39 is 0 Å². The van der Waals surface area contributed by atoms with Crippen LogP contribution in [0.2, 0.25) is 0 Å². The van der Waals surface area contributed by atoms with E-state index in [0.29, 0.717) is 22.6 Å². The van der Waals surface area contributed by atoms with Crippen molar-refractivity contribution in [2.45, 2.75) is 157 Å². The number of rotatable bonds is 4. The number of benzene rings is 4. The third-order valence-corrected chi connectivity index (χ3v) is 15.5. The normalized spacial score (nSPS) is 17.5. The van der Waals surface area contributed by atoms with Gasteiger partial charge in [-0.3, -0.25) is 0 Å². The Bertz CT molecular complexity index is 3410. The minimum absolute atomic E-state index is 0.153. The average molecular weight is 1110 g/mol. The molecule has 5 aliphatic heterocycles. The molecule has 5 heterocycles. The Labute approximate surface area is 461 Å². The Morgan fingerprint density at radius 2 is 0.613 bits per heavy atom. The number of aliphatic hydroxyl groups excluding tert-OH is 2. The topological polar surface area (TPSA) is 89.9 Å². The highest BCUT2D eigenvalue weighted by Crippen LogP contribution is 2.45. The van der Waals surface area contributed by atoms with Gasteiger partial charge in [-0.05, 0) is 159 Å². The summed E-state index contributed by atoms with van der Waals surface area (Å²) in [4.78, 5) is 22.3. The van der Waals surface area contributed by atoms with Crippen molar-refractivity contribution >= 4 is 67.7 Å². The smallest absolute Gasteiger partial charge is 0.186 e. The lowest BCUT2D eigenvalue weighted by molar-refractivity contribution is 0.359. The third kappa shape index (κ3) is 10.6. The van der Waals surface area contributed by atoms with Gasteiger partial charge in [-0.2, -0.15) is 0 Å². The second-order valence-corrected chi connectivity index (χ2v) is 28.3. The number of allylic oxidation sites excluding steroid dienone is 10. The molecular formula is C68H75IN4O2. The maximum atomic E-state index is 12.8. The molecule has 0 saturated heterocycles. The molecule has 0 spiro atoms. The van der Waals surface area contributed by atoms with E-state index in [9.17, 15) is 10.2 Å². The van der Waals surface area contributed by atoms with Gasteiger partial charge in [0.15, 0.2) is 11.5 Å². The highest BCUT2D eigenvalue weighted by molar-refractivity contribution is 14.1. The fraction of sp³-hybridized carbons (Fsp3) is 0.353. The second kappa shape index (κ2) is 18.5. The van der Waals surface area contributed by atoms with Crippen molar-refractivity contribution in [2.24, 2.45) is 20.0 Å². The van der Waals surface area contributed by atoms with Crippen LogP contribution in [0, 0.1) is 3.57 Å². The van der Waals surface area contributed by atoms with Gasteiger partial charge in [-0.25, -0.2) is 20.0 Å². The predicted octanol–water partition coefficient (Wildman–Crippen LogP) is 17.8. The average Bonchev–Trinajstić information content (AvgIpc) is 4.13. The molecule has 0 atom stereocenters. The van der Waals surface area contributed by atoms with E-state index >= 15 is 0 Å². The van der Waals surface area contributed by atoms with Gasteiger partial charge >= 0.3 is 0 Å². The van der Waals surface area contributed by atoms with E-state index in [1.54, 1.807) is 0 Å². The first-order chi connectivity index (χ1) is 34.7. The molecule has 75 heavy (non-hydrogen) atoms. The second-order valence-electron chi connectivity index (χ2n) is 27.1. The van der Waals surface area contributed by atoms with E-state index in [4.69, 9.17) is 20.0 Å². The molecule has 8 bridgehead atoms. The molecule has 7 heteroatoms. The Hall–Kier alpha value is -6.19. The Morgan fingerprint density at radius 1 is 0.320 bits per heavy atom. The molecule has 9 rings (SSSR count). The highest BCUT2D eigenvalue weighted by atomic mass is 127. The van der Waals surface area contributed by atoms with Gasteiger partial charge in [0.2, 0.25) is 0 Å². The van der Waals surface area contributed by atoms with Crippen LogP contribution in [0.3, 0.4) is 0 Å². The van der Waals surface area contributed by atoms with Crippen LogP contribution in [0.5, 0.6) is 0 Å². The zero-order valence-electron chi connectivity index (χ0n) is 47.5. The lowest BCUT2D eigenvalue weighted by Gasteiger charge is -2.27. The van der Waals surface area contributed by atoms with Gasteiger partial charge in [0.25, 0.3) is 0 Å². The van der Waals surface area contributed by atoms with Crippen LogP contribution < -0.4 is 0 Å². The number of fused-ring (bicyclic) bond motifs is 4. The van der Waals surface area contributed by atoms with Crippen LogP contribution in [0.4, 0.5) is 0 Å². The van der Waals surface area contributed by atoms with Crippen LogP contribution >= 0.6 is 22.6 Å². The zero-order chi connectivity index (χ0) is 54.7. The molecule has 0 aliphatic carbocycles. The van der Waals surface area contributed by atoms with Crippen molar-refractivity contribution < 1.29 is 10.2 Å². The van der Waals surface area contributed by atoms with Gasteiger partial charge in [0.05, 0.1) is 34.2 Å². The number of hydrogen-bond donors (Lipinski definition) is 2. The molecule has 0 radical (unpaired) electrons. The molecule has 386 valence electrons. The summed E-state index contributed by atoms with van der Waals surface area (Å²) in [7, 11) is 0. The molecule has 0 amide bonds. The minimum atomic E-state index is -0.315. The van der Waals surface area contributed by atoms with Crippen LogP contribution in [0.15, 0.2) is 170 Å². The first kappa shape index (κ1) is 53.6. The summed E-state index contributed by atoms with van der Waals surface area (Å²) in [5.74, 6) is -0.631. The van der Waals surface area contributed by atoms with Crippen LogP contribution in [0.1, 0.15) is 180 Å². The van der Waals surface area contributed by atoms with Crippen LogP contribution in [-0.4, -0.2) is 33.1 Å². The first-order valence-corrected chi connectivity index (χ1v) is 27.5. The Morgan fingerprint density at radius 3 is 0.960 bits per heavy atom. The largest absolute Gasteiger partial charge is 0.503 e. The molecule has 0 saturated carbocycles. The highest BCUT2D eigenvalue weighted by Gasteiger charge is 2.36. The lowest BCUT2D eigenvalue weighted by Crippen LogP contribution is -2.18. The number of aliphatic imine (C=N–C) groups is 4. The van der Waals surface area contributed by atoms with E-state index in [1.165, 1.54) is 11.1 Å². The standard InChI is InChI=1S/C68H75IN4O2/c1-63(2,3)42-29-39(30-43(35-42)64(4,5)6)56-51-24-23-49(70-51)55(38-19-21-48(69)22-20-38)50-25-27-53(71-50)57(40-31-44(65(7,8)9)36-45(32-40)66(10,11)12)59-61(74)62(75)60(73-59)58(54-28-26-52(56)72-54)41-33-46(67(13,14)15)37-47(34-41)68(16,17)18/h19-37,74-75H,1-18H3. The Kier molecular flexibility index (Phi) is 13.2. The van der Waals surface area contributed by atoms with E-state index in [1.807, 2.05) is 12.2 Å². The number of nitrogens with zero attached hydrogens (tertiary/aromatic N) is 4. The van der Waals surface area contributed by atoms with Crippen molar-refractivity contribution in [1.82, 2.24) is 0 Å². The Balaban J connectivity index is 1.48. The van der Waals surface area contributed by atoms with E-state index in [-0.39, 0.29) is 55.4 Å². The quantitative estimate of drug-likeness (QED) is 0.199. The summed E-state index contributed by atoms with van der Waals surface area (Å²) >= 11 is 2.35. The molecule has 0 fully saturated rings. The number of hydrogen-bond acceptors (Lipinski definition) is 6. The van der Waals surface area contributed by atoms with Gasteiger partial charge in [-0.15, -0.1) is 0 Å². The monoisotopic (exact) mass is 1110 g/mol. The summed E-state index contributed by atoms with van der Waals surface area (Å²) in [5, 5.41) is 25.5. The van der Waals surface area contributed by atoms with Gasteiger partial charge in [-0.1, -0.05) is 191 Å². The molecule has 4 aromatic carbocycles. The van der Waals surface area contributed by atoms with Gasteiger partial charge in [0, 0.05) is 25.9 Å². The minimum Gasteiger partial charge on any atom is -0.503 e. The summed E-state index contributed by atoms with van der Waals surface area (Å²) in [5.41, 5.74) is 17.1. The van der Waals surface area contributed by atoms with Crippen molar-refractivity contribution in [3.8, 4) is 0 Å². The maximum Gasteiger partial charge on any atom is 0.186 e. The molecule has 2 N–H and O–H groups in total. The number of halogens is 1. The number of aliphatic hydroxyl groups is 2. The fourth-order valence-electron chi connectivity index (χ4n) is 9.91. The SMILES string of the molecule is CC(C)(C)c1cc(C2=C3C=CC(=N3)C(c3cc(C(C)(C)C)cc(C(C)(C)C)c3)=C3N=C(C(O)=C3O)C(c3cc(C(C)(C)C)cc(C(C)(C)C)c3)=C3C=CC(=N3)C(c3ccc(I)cc3)=C3C=CC2=N3)cc(C(C)(C)C)c1. The van der Waals surface area contributed by atoms with Crippen LogP contribution in [0.25, 0.3) is 22.3 Å².